The van der Waals surface area contributed by atoms with Crippen LogP contribution in [0.1, 0.15) is 39.1 Å². The van der Waals surface area contributed by atoms with Crippen molar-refractivity contribution in [2.45, 2.75) is 45.1 Å². The van der Waals surface area contributed by atoms with Crippen LogP contribution in [0.3, 0.4) is 0 Å². The monoisotopic (exact) mass is 304 g/mol. The molecule has 0 amide bonds. The van der Waals surface area contributed by atoms with E-state index in [2.05, 4.69) is 48.7 Å². The average Bonchev–Trinajstić information content (AvgIpc) is 2.51. The summed E-state index contributed by atoms with van der Waals surface area (Å²) in [7, 11) is 2.03. The van der Waals surface area contributed by atoms with Crippen LogP contribution >= 0.6 is 27.7 Å². The molecule has 0 fully saturated rings. The molecular weight excluding hydrogens is 284 g/mol. The number of thioether (sulfide) groups is 1. The molecule has 1 aromatic rings. The van der Waals surface area contributed by atoms with Crippen LogP contribution in [-0.2, 0) is 19.2 Å². The van der Waals surface area contributed by atoms with Crippen LogP contribution in [0, 0.1) is 5.92 Å². The quantitative estimate of drug-likeness (QED) is 0.817. The molecule has 0 aliphatic carbocycles. The molecule has 1 atom stereocenters. The van der Waals surface area contributed by atoms with Gasteiger partial charge in [-0.05, 0) is 28.3 Å². The van der Waals surface area contributed by atoms with Crippen molar-refractivity contribution in [2.24, 2.45) is 13.0 Å². The summed E-state index contributed by atoms with van der Waals surface area (Å²) in [5.74, 6) is 1.76. The number of halogens is 1. The maximum Gasteiger partial charge on any atom is 0.0767 e. The summed E-state index contributed by atoms with van der Waals surface area (Å²) in [5.41, 5.74) is 2.46. The lowest BCUT2D eigenvalue weighted by molar-refractivity contribution is 0.641. The molecule has 0 bridgehead atoms. The summed E-state index contributed by atoms with van der Waals surface area (Å²) in [5, 5.41) is 5.19. The summed E-state index contributed by atoms with van der Waals surface area (Å²) in [6.45, 7) is 8.97. The fraction of sp³-hybridized carbons (Fsp3) is 0.750. The topological polar surface area (TPSA) is 17.8 Å². The third kappa shape index (κ3) is 3.27. The van der Waals surface area contributed by atoms with Crippen LogP contribution in [-0.4, -0.2) is 15.0 Å². The van der Waals surface area contributed by atoms with Gasteiger partial charge in [0.25, 0.3) is 0 Å². The molecule has 92 valence electrons. The predicted molar refractivity (Wildman–Crippen MR) is 75.9 cm³/mol. The van der Waals surface area contributed by atoms with E-state index in [-0.39, 0.29) is 0 Å². The fourth-order valence-electron chi connectivity index (χ4n) is 1.38. The van der Waals surface area contributed by atoms with Crippen LogP contribution < -0.4 is 0 Å². The molecule has 1 unspecified atom stereocenters. The van der Waals surface area contributed by atoms with E-state index >= 15 is 0 Å². The third-order valence-corrected chi connectivity index (χ3v) is 5.35. The number of rotatable bonds is 5. The minimum atomic E-state index is 0.687. The molecule has 1 rings (SSSR count). The molecular formula is C12H21BrN2S. The van der Waals surface area contributed by atoms with Crippen LogP contribution in [0.25, 0.3) is 0 Å². The Hall–Kier alpha value is 0.0400. The van der Waals surface area contributed by atoms with E-state index in [9.17, 15) is 0 Å². The lowest BCUT2D eigenvalue weighted by Crippen LogP contribution is -2.07. The first-order valence-electron chi connectivity index (χ1n) is 5.79. The molecule has 0 aliphatic rings. The second-order valence-corrected chi connectivity index (χ2v) is 6.60. The molecule has 1 heterocycles. The maximum atomic E-state index is 4.51. The molecule has 0 aliphatic heterocycles. The van der Waals surface area contributed by atoms with Crippen molar-refractivity contribution in [3.05, 3.63) is 15.9 Å². The number of aromatic nitrogens is 2. The molecule has 1 aromatic heterocycles. The van der Waals surface area contributed by atoms with Crippen molar-refractivity contribution in [3.63, 3.8) is 0 Å². The normalized spacial score (nSPS) is 13.4. The van der Waals surface area contributed by atoms with Crippen molar-refractivity contribution in [2.75, 3.05) is 0 Å². The fourth-order valence-corrected chi connectivity index (χ4v) is 3.46. The predicted octanol–water partition coefficient (Wildman–Crippen LogP) is 4.02. The Morgan fingerprint density at radius 3 is 2.44 bits per heavy atom. The summed E-state index contributed by atoms with van der Waals surface area (Å²) in [4.78, 5) is 0. The van der Waals surface area contributed by atoms with Gasteiger partial charge in [0.05, 0.1) is 15.9 Å². The van der Waals surface area contributed by atoms with Crippen LogP contribution in [0.5, 0.6) is 0 Å². The molecule has 4 heteroatoms. The van der Waals surface area contributed by atoms with E-state index in [4.69, 9.17) is 0 Å². The second-order valence-electron chi connectivity index (χ2n) is 4.44. The van der Waals surface area contributed by atoms with Gasteiger partial charge in [-0.15, -0.1) is 0 Å². The lowest BCUT2D eigenvalue weighted by atomic mass is 10.2. The highest BCUT2D eigenvalue weighted by atomic mass is 79.9. The second kappa shape index (κ2) is 6.10. The van der Waals surface area contributed by atoms with Crippen LogP contribution in [0.4, 0.5) is 0 Å². The van der Waals surface area contributed by atoms with Crippen molar-refractivity contribution >= 4 is 27.7 Å². The van der Waals surface area contributed by atoms with Gasteiger partial charge in [-0.2, -0.15) is 16.9 Å². The van der Waals surface area contributed by atoms with Crippen LogP contribution in [0.15, 0.2) is 4.47 Å². The van der Waals surface area contributed by atoms with Crippen LogP contribution in [0.2, 0.25) is 0 Å². The molecule has 0 spiro atoms. The van der Waals surface area contributed by atoms with Gasteiger partial charge in [-0.3, -0.25) is 4.68 Å². The van der Waals surface area contributed by atoms with Gasteiger partial charge < -0.3 is 0 Å². The number of hydrogen-bond acceptors (Lipinski definition) is 2. The average molecular weight is 305 g/mol. The number of nitrogens with zero attached hydrogens (tertiary/aromatic N) is 2. The Bertz CT molecular complexity index is 347. The van der Waals surface area contributed by atoms with Gasteiger partial charge in [0.15, 0.2) is 0 Å². The van der Waals surface area contributed by atoms with Crippen molar-refractivity contribution in [1.29, 1.82) is 0 Å². The van der Waals surface area contributed by atoms with Crippen molar-refractivity contribution < 1.29 is 0 Å². The zero-order valence-corrected chi connectivity index (χ0v) is 13.2. The van der Waals surface area contributed by atoms with Gasteiger partial charge >= 0.3 is 0 Å². The number of aryl methyl sites for hydroxylation is 2. The smallest absolute Gasteiger partial charge is 0.0767 e. The lowest BCUT2D eigenvalue weighted by Gasteiger charge is -2.14. The van der Waals surface area contributed by atoms with Gasteiger partial charge in [0.1, 0.15) is 0 Å². The Morgan fingerprint density at radius 2 is 2.00 bits per heavy atom. The van der Waals surface area contributed by atoms with E-state index in [0.29, 0.717) is 5.25 Å². The Balaban J connectivity index is 2.70. The molecule has 0 saturated heterocycles. The van der Waals surface area contributed by atoms with Crippen molar-refractivity contribution in [1.82, 2.24) is 9.78 Å². The summed E-state index contributed by atoms with van der Waals surface area (Å²) >= 11 is 5.65. The van der Waals surface area contributed by atoms with E-state index in [1.807, 2.05) is 23.5 Å². The SMILES string of the molecule is CCc1nn(C)c(CSC(C)C(C)C)c1Br. The summed E-state index contributed by atoms with van der Waals surface area (Å²) in [6.07, 6.45) is 0.985. The Kier molecular flexibility index (Phi) is 5.38. The first-order valence-corrected chi connectivity index (χ1v) is 7.63. The Morgan fingerprint density at radius 1 is 1.38 bits per heavy atom. The van der Waals surface area contributed by atoms with Gasteiger partial charge in [0.2, 0.25) is 0 Å². The summed E-state index contributed by atoms with van der Waals surface area (Å²) < 4.78 is 3.20. The maximum absolute atomic E-state index is 4.51. The summed E-state index contributed by atoms with van der Waals surface area (Å²) in [6, 6.07) is 0. The highest BCUT2D eigenvalue weighted by molar-refractivity contribution is 9.10. The Labute approximate surface area is 111 Å². The third-order valence-electron chi connectivity index (χ3n) is 2.92. The van der Waals surface area contributed by atoms with E-state index in [0.717, 1.165) is 23.8 Å². The number of hydrogen-bond donors (Lipinski definition) is 0. The standard InChI is InChI=1S/C12H21BrN2S/c1-6-10-12(13)11(15(5)14-10)7-16-9(4)8(2)3/h8-9H,6-7H2,1-5H3. The highest BCUT2D eigenvalue weighted by Crippen LogP contribution is 2.28. The first-order chi connectivity index (χ1) is 7.47. The van der Waals surface area contributed by atoms with Gasteiger partial charge in [-0.25, -0.2) is 0 Å². The molecule has 0 saturated carbocycles. The zero-order chi connectivity index (χ0) is 12.3. The van der Waals surface area contributed by atoms with Gasteiger partial charge in [0, 0.05) is 18.1 Å². The van der Waals surface area contributed by atoms with E-state index in [1.165, 1.54) is 10.2 Å². The zero-order valence-electron chi connectivity index (χ0n) is 10.7. The molecule has 0 radical (unpaired) electrons. The van der Waals surface area contributed by atoms with Gasteiger partial charge in [-0.1, -0.05) is 27.7 Å². The minimum absolute atomic E-state index is 0.687. The largest absolute Gasteiger partial charge is 0.270 e. The molecule has 0 N–H and O–H groups in total. The molecule has 2 nitrogen and oxygen atoms in total. The van der Waals surface area contributed by atoms with E-state index < -0.39 is 0 Å². The first kappa shape index (κ1) is 14.1. The van der Waals surface area contributed by atoms with Crippen molar-refractivity contribution in [3.8, 4) is 0 Å². The minimum Gasteiger partial charge on any atom is -0.270 e. The highest BCUT2D eigenvalue weighted by Gasteiger charge is 2.14. The van der Waals surface area contributed by atoms with E-state index in [1.54, 1.807) is 0 Å². The molecule has 16 heavy (non-hydrogen) atoms. The molecule has 0 aromatic carbocycles.